The molecule has 0 spiro atoms. The van der Waals surface area contributed by atoms with Gasteiger partial charge in [-0.15, -0.1) is 0 Å². The molecule has 98 valence electrons. The van der Waals surface area contributed by atoms with E-state index in [1.807, 2.05) is 44.2 Å². The Morgan fingerprint density at radius 3 is 2.47 bits per heavy atom. The Balaban J connectivity index is 2.44. The van der Waals surface area contributed by atoms with E-state index in [0.717, 1.165) is 32.8 Å². The number of nitrogens with one attached hydrogen (secondary N) is 1. The minimum Gasteiger partial charge on any atom is -0.389 e. The van der Waals surface area contributed by atoms with Crippen LogP contribution in [-0.2, 0) is 0 Å². The molecule has 3 N–H and O–H groups in total. The molecule has 5 heteroatoms. The topological polar surface area (TPSA) is 50.9 Å². The lowest BCUT2D eigenvalue weighted by Gasteiger charge is -2.14. The average Bonchev–Trinajstić information content (AvgIpc) is 2.30. The Labute approximate surface area is 126 Å². The van der Waals surface area contributed by atoms with Gasteiger partial charge >= 0.3 is 0 Å². The molecule has 0 aliphatic heterocycles. The summed E-state index contributed by atoms with van der Waals surface area (Å²) in [4.78, 5) is 4.75. The van der Waals surface area contributed by atoms with Gasteiger partial charge in [-0.05, 0) is 44.2 Å². The molecule has 0 radical (unpaired) electrons. The van der Waals surface area contributed by atoms with Crippen molar-refractivity contribution in [3.05, 3.63) is 51.8 Å². The standard InChI is InChI=1S/C14H14BrN3S/c1-8-7-12(13(14(16)19)9(2)17-8)18-11-5-3-10(15)4-6-11/h3-7H,1-2H3,(H2,16,19)(H,17,18). The molecule has 0 unspecified atom stereocenters. The lowest BCUT2D eigenvalue weighted by molar-refractivity contribution is 1.12. The van der Waals surface area contributed by atoms with Gasteiger partial charge in [-0.25, -0.2) is 0 Å². The lowest BCUT2D eigenvalue weighted by Crippen LogP contribution is -2.15. The highest BCUT2D eigenvalue weighted by Gasteiger charge is 2.11. The number of halogens is 1. The van der Waals surface area contributed by atoms with Gasteiger partial charge in [0.1, 0.15) is 4.99 Å². The van der Waals surface area contributed by atoms with E-state index in [0.29, 0.717) is 4.99 Å². The van der Waals surface area contributed by atoms with Crippen LogP contribution in [0.25, 0.3) is 0 Å². The van der Waals surface area contributed by atoms with Crippen LogP contribution >= 0.6 is 28.1 Å². The fraction of sp³-hybridized carbons (Fsp3) is 0.143. The molecule has 0 aliphatic rings. The number of thiocarbonyl (C=S) groups is 1. The van der Waals surface area contributed by atoms with Crippen LogP contribution in [0.15, 0.2) is 34.8 Å². The first-order chi connectivity index (χ1) is 8.97. The third kappa shape index (κ3) is 3.30. The van der Waals surface area contributed by atoms with Crippen molar-refractivity contribution >= 4 is 44.5 Å². The molecule has 19 heavy (non-hydrogen) atoms. The summed E-state index contributed by atoms with van der Waals surface area (Å²) < 4.78 is 1.04. The van der Waals surface area contributed by atoms with Gasteiger partial charge in [0.25, 0.3) is 0 Å². The molecule has 1 heterocycles. The molecule has 1 aromatic carbocycles. The van der Waals surface area contributed by atoms with Gasteiger partial charge in [0.15, 0.2) is 0 Å². The van der Waals surface area contributed by atoms with E-state index < -0.39 is 0 Å². The maximum atomic E-state index is 5.79. The number of pyridine rings is 1. The Kier molecular flexibility index (Phi) is 4.17. The van der Waals surface area contributed by atoms with Gasteiger partial charge in [0.2, 0.25) is 0 Å². The number of rotatable bonds is 3. The summed E-state index contributed by atoms with van der Waals surface area (Å²) >= 11 is 8.52. The Bertz CT molecular complexity index is 623. The number of nitrogens with zero attached hydrogens (tertiary/aromatic N) is 1. The summed E-state index contributed by atoms with van der Waals surface area (Å²) in [5, 5.41) is 3.33. The molecular weight excluding hydrogens is 322 g/mol. The highest BCUT2D eigenvalue weighted by Crippen LogP contribution is 2.24. The van der Waals surface area contributed by atoms with Crippen molar-refractivity contribution in [3.8, 4) is 0 Å². The van der Waals surface area contributed by atoms with E-state index in [2.05, 4.69) is 26.2 Å². The molecule has 0 saturated carbocycles. The van der Waals surface area contributed by atoms with E-state index in [1.54, 1.807) is 0 Å². The maximum absolute atomic E-state index is 5.79. The normalized spacial score (nSPS) is 10.3. The van der Waals surface area contributed by atoms with Gasteiger partial charge in [-0.3, -0.25) is 4.98 Å². The Morgan fingerprint density at radius 1 is 1.26 bits per heavy atom. The average molecular weight is 336 g/mol. The van der Waals surface area contributed by atoms with Crippen molar-refractivity contribution in [1.82, 2.24) is 4.98 Å². The predicted octanol–water partition coefficient (Wildman–Crippen LogP) is 3.84. The molecular formula is C14H14BrN3S. The second-order valence-electron chi connectivity index (χ2n) is 4.27. The molecule has 0 fully saturated rings. The van der Waals surface area contributed by atoms with Gasteiger partial charge in [-0.1, -0.05) is 28.1 Å². The summed E-state index contributed by atoms with van der Waals surface area (Å²) in [6.07, 6.45) is 0. The smallest absolute Gasteiger partial charge is 0.107 e. The van der Waals surface area contributed by atoms with E-state index in [-0.39, 0.29) is 0 Å². The molecule has 0 bridgehead atoms. The largest absolute Gasteiger partial charge is 0.389 e. The first kappa shape index (κ1) is 14.0. The van der Waals surface area contributed by atoms with Gasteiger partial charge in [0.05, 0.1) is 11.3 Å². The summed E-state index contributed by atoms with van der Waals surface area (Å²) in [5.41, 5.74) is 10.2. The van der Waals surface area contributed by atoms with Crippen LogP contribution < -0.4 is 11.1 Å². The summed E-state index contributed by atoms with van der Waals surface area (Å²) in [6, 6.07) is 9.87. The van der Waals surface area contributed by atoms with E-state index in [1.165, 1.54) is 0 Å². The molecule has 1 aromatic heterocycles. The quantitative estimate of drug-likeness (QED) is 0.836. The van der Waals surface area contributed by atoms with Crippen LogP contribution in [0.3, 0.4) is 0 Å². The predicted molar refractivity (Wildman–Crippen MR) is 87.0 cm³/mol. The molecule has 3 nitrogen and oxygen atoms in total. The third-order valence-corrected chi connectivity index (χ3v) is 3.43. The highest BCUT2D eigenvalue weighted by atomic mass is 79.9. The second kappa shape index (κ2) is 5.67. The van der Waals surface area contributed by atoms with Crippen LogP contribution in [0.5, 0.6) is 0 Å². The van der Waals surface area contributed by atoms with Crippen LogP contribution in [0.4, 0.5) is 11.4 Å². The molecule has 2 aromatic rings. The van der Waals surface area contributed by atoms with E-state index in [4.69, 9.17) is 18.0 Å². The number of hydrogen-bond donors (Lipinski definition) is 2. The number of anilines is 2. The monoisotopic (exact) mass is 335 g/mol. The van der Waals surface area contributed by atoms with Crippen LogP contribution in [-0.4, -0.2) is 9.97 Å². The summed E-state index contributed by atoms with van der Waals surface area (Å²) in [6.45, 7) is 3.86. The van der Waals surface area contributed by atoms with Gasteiger partial charge in [0, 0.05) is 21.5 Å². The van der Waals surface area contributed by atoms with Crippen LogP contribution in [0, 0.1) is 13.8 Å². The number of nitrogens with two attached hydrogens (primary N) is 1. The zero-order valence-corrected chi connectivity index (χ0v) is 13.1. The van der Waals surface area contributed by atoms with Crippen LogP contribution in [0.1, 0.15) is 17.0 Å². The van der Waals surface area contributed by atoms with Gasteiger partial charge < -0.3 is 11.1 Å². The highest BCUT2D eigenvalue weighted by molar-refractivity contribution is 9.10. The molecule has 2 rings (SSSR count). The van der Waals surface area contributed by atoms with E-state index in [9.17, 15) is 0 Å². The SMILES string of the molecule is Cc1cc(Nc2ccc(Br)cc2)c(C(N)=S)c(C)n1. The Hall–Kier alpha value is -1.46. The van der Waals surface area contributed by atoms with Crippen molar-refractivity contribution in [2.24, 2.45) is 5.73 Å². The molecule has 0 aliphatic carbocycles. The minimum absolute atomic E-state index is 0.351. The molecule has 0 amide bonds. The number of aryl methyl sites for hydroxylation is 2. The van der Waals surface area contributed by atoms with Gasteiger partial charge in [-0.2, -0.15) is 0 Å². The second-order valence-corrected chi connectivity index (χ2v) is 5.62. The number of benzene rings is 1. The first-order valence-electron chi connectivity index (χ1n) is 5.78. The zero-order chi connectivity index (χ0) is 14.0. The van der Waals surface area contributed by atoms with Crippen molar-refractivity contribution in [2.75, 3.05) is 5.32 Å². The summed E-state index contributed by atoms with van der Waals surface area (Å²) in [5.74, 6) is 0. The van der Waals surface area contributed by atoms with E-state index >= 15 is 0 Å². The summed E-state index contributed by atoms with van der Waals surface area (Å²) in [7, 11) is 0. The van der Waals surface area contributed by atoms with Crippen LogP contribution in [0.2, 0.25) is 0 Å². The fourth-order valence-electron chi connectivity index (χ4n) is 1.93. The van der Waals surface area contributed by atoms with Crippen molar-refractivity contribution in [2.45, 2.75) is 13.8 Å². The number of aromatic nitrogens is 1. The van der Waals surface area contributed by atoms with Crippen molar-refractivity contribution in [1.29, 1.82) is 0 Å². The maximum Gasteiger partial charge on any atom is 0.107 e. The first-order valence-corrected chi connectivity index (χ1v) is 6.98. The van der Waals surface area contributed by atoms with Crippen molar-refractivity contribution in [3.63, 3.8) is 0 Å². The Morgan fingerprint density at radius 2 is 1.89 bits per heavy atom. The third-order valence-electron chi connectivity index (χ3n) is 2.70. The molecule has 0 saturated heterocycles. The lowest BCUT2D eigenvalue weighted by atomic mass is 10.1. The number of hydrogen-bond acceptors (Lipinski definition) is 3. The van der Waals surface area contributed by atoms with Crippen molar-refractivity contribution < 1.29 is 0 Å². The fourth-order valence-corrected chi connectivity index (χ4v) is 2.45. The minimum atomic E-state index is 0.351. The zero-order valence-electron chi connectivity index (χ0n) is 10.7. The molecule has 0 atom stereocenters.